The van der Waals surface area contributed by atoms with E-state index >= 15 is 0 Å². The van der Waals surface area contributed by atoms with Gasteiger partial charge in [-0.3, -0.25) is 14.9 Å². The predicted molar refractivity (Wildman–Crippen MR) is 87.4 cm³/mol. The second-order valence-electron chi connectivity index (χ2n) is 5.27. The molecule has 1 aromatic rings. The number of benzene rings is 1. The molecule has 0 aromatic heterocycles. The molecule has 7 heteroatoms. The van der Waals surface area contributed by atoms with Gasteiger partial charge in [0, 0.05) is 34.3 Å². The van der Waals surface area contributed by atoms with Gasteiger partial charge in [0.1, 0.15) is 0 Å². The van der Waals surface area contributed by atoms with Crippen molar-refractivity contribution < 1.29 is 14.8 Å². The quantitative estimate of drug-likeness (QED) is 0.649. The number of carbonyl (C=O) groups excluding carboxylic acids is 1. The van der Waals surface area contributed by atoms with Crippen molar-refractivity contribution in [2.75, 3.05) is 0 Å². The molecule has 1 amide bonds. The predicted octanol–water partition coefficient (Wildman–Crippen LogP) is 2.79. The lowest BCUT2D eigenvalue weighted by atomic mass is 10.1. The monoisotopic (exact) mass is 376 g/mol. The average Bonchev–Trinajstić information content (AvgIpc) is 2.69. The van der Waals surface area contributed by atoms with Crippen LogP contribution in [0.3, 0.4) is 0 Å². The summed E-state index contributed by atoms with van der Waals surface area (Å²) < 4.78 is 0.802. The highest BCUT2D eigenvalue weighted by atomic mass is 79.9. The first-order valence-corrected chi connectivity index (χ1v) is 7.77. The third-order valence-corrected chi connectivity index (χ3v) is 4.36. The van der Waals surface area contributed by atoms with E-state index in [1.165, 1.54) is 17.0 Å². The number of carbonyl (C=O) groups is 1. The maximum absolute atomic E-state index is 12.5. The van der Waals surface area contributed by atoms with Gasteiger partial charge >= 0.3 is 0 Å². The summed E-state index contributed by atoms with van der Waals surface area (Å²) in [6.45, 7) is 0.188. The van der Waals surface area contributed by atoms with Gasteiger partial charge in [-0.05, 0) is 18.1 Å². The van der Waals surface area contributed by atoms with Crippen LogP contribution in [-0.2, 0) is 11.3 Å². The second kappa shape index (κ2) is 6.10. The maximum atomic E-state index is 12.5. The van der Waals surface area contributed by atoms with Gasteiger partial charge in [-0.15, -0.1) is 0 Å². The average molecular weight is 377 g/mol. The molecule has 118 valence electrons. The number of nitrogens with zero attached hydrogens (tertiary/aromatic N) is 2. The zero-order valence-corrected chi connectivity index (χ0v) is 13.6. The highest BCUT2D eigenvalue weighted by Crippen LogP contribution is 2.34. The van der Waals surface area contributed by atoms with Crippen molar-refractivity contribution in [2.45, 2.75) is 19.2 Å². The van der Waals surface area contributed by atoms with Gasteiger partial charge in [0.05, 0.1) is 4.92 Å². The van der Waals surface area contributed by atoms with Crippen LogP contribution in [0.15, 0.2) is 58.1 Å². The van der Waals surface area contributed by atoms with E-state index in [-0.39, 0.29) is 18.1 Å². The van der Waals surface area contributed by atoms with E-state index in [1.54, 1.807) is 18.2 Å². The first-order valence-electron chi connectivity index (χ1n) is 6.97. The first-order chi connectivity index (χ1) is 11.0. The number of nitro benzene ring substituents is 1. The van der Waals surface area contributed by atoms with E-state index in [0.717, 1.165) is 10.0 Å². The Morgan fingerprint density at radius 1 is 1.30 bits per heavy atom. The summed E-state index contributed by atoms with van der Waals surface area (Å²) in [5, 5.41) is 21.1. The van der Waals surface area contributed by atoms with Gasteiger partial charge in [0.25, 0.3) is 11.6 Å². The fraction of sp³-hybridized carbons (Fsp3) is 0.188. The summed E-state index contributed by atoms with van der Waals surface area (Å²) in [5.41, 5.74) is 1.78. The van der Waals surface area contributed by atoms with E-state index in [4.69, 9.17) is 0 Å². The lowest BCUT2D eigenvalue weighted by Crippen LogP contribution is -2.32. The van der Waals surface area contributed by atoms with Gasteiger partial charge in [0.15, 0.2) is 6.23 Å². The molecule has 1 N–H and O–H groups in total. The van der Waals surface area contributed by atoms with Gasteiger partial charge in [0.2, 0.25) is 0 Å². The van der Waals surface area contributed by atoms with Crippen LogP contribution in [0.1, 0.15) is 12.0 Å². The number of nitro groups is 1. The Balaban J connectivity index is 1.85. The number of hydrogen-bond donors (Lipinski definition) is 1. The summed E-state index contributed by atoms with van der Waals surface area (Å²) in [5.74, 6) is -0.255. The molecule has 1 atom stereocenters. The highest BCUT2D eigenvalue weighted by molar-refractivity contribution is 9.11. The number of fused-ring (bicyclic) bond motifs is 1. The summed E-state index contributed by atoms with van der Waals surface area (Å²) in [7, 11) is 0. The van der Waals surface area contributed by atoms with Gasteiger partial charge < -0.3 is 10.0 Å². The molecular formula is C16H13BrN2O4. The van der Waals surface area contributed by atoms with Gasteiger partial charge in [-0.25, -0.2) is 0 Å². The highest BCUT2D eigenvalue weighted by Gasteiger charge is 2.38. The molecule has 1 unspecified atom stereocenters. The minimum atomic E-state index is -1.00. The van der Waals surface area contributed by atoms with Crippen LogP contribution >= 0.6 is 15.9 Å². The number of amides is 1. The van der Waals surface area contributed by atoms with Crippen molar-refractivity contribution in [1.29, 1.82) is 0 Å². The smallest absolute Gasteiger partial charge is 0.269 e. The van der Waals surface area contributed by atoms with E-state index in [9.17, 15) is 20.0 Å². The topological polar surface area (TPSA) is 83.7 Å². The molecule has 0 bridgehead atoms. The minimum Gasteiger partial charge on any atom is -0.369 e. The fourth-order valence-electron chi connectivity index (χ4n) is 2.63. The fourth-order valence-corrected chi connectivity index (χ4v) is 3.05. The zero-order chi connectivity index (χ0) is 16.6. The Morgan fingerprint density at radius 3 is 2.65 bits per heavy atom. The Morgan fingerprint density at radius 2 is 2.00 bits per heavy atom. The van der Waals surface area contributed by atoms with Crippen LogP contribution in [-0.4, -0.2) is 27.1 Å². The molecule has 23 heavy (non-hydrogen) atoms. The molecule has 1 fully saturated rings. The number of likely N-dealkylation sites (tertiary alicyclic amines) is 1. The molecule has 1 aliphatic heterocycles. The van der Waals surface area contributed by atoms with E-state index in [2.05, 4.69) is 15.9 Å². The number of hydrogen-bond acceptors (Lipinski definition) is 4. The van der Waals surface area contributed by atoms with Crippen molar-refractivity contribution >= 4 is 27.5 Å². The van der Waals surface area contributed by atoms with Crippen LogP contribution in [0.2, 0.25) is 0 Å². The molecule has 0 radical (unpaired) electrons. The van der Waals surface area contributed by atoms with Gasteiger partial charge in [-0.1, -0.05) is 40.2 Å². The van der Waals surface area contributed by atoms with Crippen molar-refractivity contribution in [2.24, 2.45) is 0 Å². The van der Waals surface area contributed by atoms with Crippen molar-refractivity contribution in [1.82, 2.24) is 4.90 Å². The first kappa shape index (κ1) is 15.6. The summed E-state index contributed by atoms with van der Waals surface area (Å²) in [6, 6.07) is 5.95. The molecule has 2 aliphatic rings. The maximum Gasteiger partial charge on any atom is 0.269 e. The zero-order valence-electron chi connectivity index (χ0n) is 12.0. The van der Waals surface area contributed by atoms with Gasteiger partial charge in [-0.2, -0.15) is 0 Å². The SMILES string of the molecule is O=C1C2=CC(Br)=CCC=C2C(O)N1Cc1ccc([N+](=O)[O-])cc1. The Bertz CT molecular complexity index is 765. The molecular weight excluding hydrogens is 364 g/mol. The second-order valence-corrected chi connectivity index (χ2v) is 6.19. The van der Waals surface area contributed by atoms with E-state index in [1.807, 2.05) is 12.2 Å². The Hall–Kier alpha value is -2.25. The molecule has 1 aliphatic carbocycles. The van der Waals surface area contributed by atoms with E-state index in [0.29, 0.717) is 17.6 Å². The van der Waals surface area contributed by atoms with Crippen LogP contribution in [0.25, 0.3) is 0 Å². The van der Waals surface area contributed by atoms with Crippen LogP contribution < -0.4 is 0 Å². The normalized spacial score (nSPS) is 20.4. The third kappa shape index (κ3) is 2.97. The number of allylic oxidation sites excluding steroid dienone is 4. The molecule has 1 aromatic carbocycles. The molecule has 0 saturated carbocycles. The molecule has 0 spiro atoms. The number of halogens is 1. The molecule has 3 rings (SSSR count). The van der Waals surface area contributed by atoms with Crippen molar-refractivity contribution in [3.63, 3.8) is 0 Å². The number of aliphatic hydroxyl groups excluding tert-OH is 1. The lowest BCUT2D eigenvalue weighted by molar-refractivity contribution is -0.384. The third-order valence-electron chi connectivity index (χ3n) is 3.81. The number of aliphatic hydroxyl groups is 1. The standard InChI is InChI=1S/C16H13BrN2O4/c17-11-2-1-3-13-14(8-11)16(21)18(15(13)20)9-10-4-6-12(7-5-10)19(22)23/h2-8,15,20H,1,9H2. The van der Waals surface area contributed by atoms with Crippen LogP contribution in [0, 0.1) is 10.1 Å². The lowest BCUT2D eigenvalue weighted by Gasteiger charge is -2.20. The van der Waals surface area contributed by atoms with Crippen LogP contribution in [0.5, 0.6) is 0 Å². The molecule has 1 saturated heterocycles. The Kier molecular flexibility index (Phi) is 4.14. The molecule has 6 nitrogen and oxygen atoms in total. The summed E-state index contributed by atoms with van der Waals surface area (Å²) in [6.07, 6.45) is 5.08. The summed E-state index contributed by atoms with van der Waals surface area (Å²) in [4.78, 5) is 24.1. The van der Waals surface area contributed by atoms with E-state index < -0.39 is 11.2 Å². The largest absolute Gasteiger partial charge is 0.369 e. The van der Waals surface area contributed by atoms with Crippen molar-refractivity contribution in [3.05, 3.63) is 73.8 Å². The van der Waals surface area contributed by atoms with Crippen molar-refractivity contribution in [3.8, 4) is 0 Å². The van der Waals surface area contributed by atoms with Crippen LogP contribution in [0.4, 0.5) is 5.69 Å². The minimum absolute atomic E-state index is 0.00770. The summed E-state index contributed by atoms with van der Waals surface area (Å²) >= 11 is 3.37. The number of rotatable bonds is 3. The Labute approximate surface area is 140 Å². The number of non-ortho nitro benzene ring substituents is 1. The molecule has 1 heterocycles.